The van der Waals surface area contributed by atoms with Crippen LogP contribution >= 0.6 is 11.6 Å². The topological polar surface area (TPSA) is 31.3 Å². The molecule has 0 bridgehead atoms. The average Bonchev–Trinajstić information content (AvgIpc) is 2.87. The van der Waals surface area contributed by atoms with Gasteiger partial charge in [0.1, 0.15) is 18.2 Å². The van der Waals surface area contributed by atoms with Gasteiger partial charge in [0.2, 0.25) is 0 Å². The van der Waals surface area contributed by atoms with Crippen molar-refractivity contribution in [2.75, 3.05) is 26.9 Å². The molecule has 0 aromatic heterocycles. The maximum Gasteiger partial charge on any atom is 0.138 e. The lowest BCUT2D eigenvalue weighted by Gasteiger charge is -2.39. The van der Waals surface area contributed by atoms with Crippen LogP contribution in [0.5, 0.6) is 0 Å². The fraction of sp³-hybridized carbons (Fsp3) is 0.500. The van der Waals surface area contributed by atoms with Crippen molar-refractivity contribution >= 4 is 17.8 Å². The second kappa shape index (κ2) is 5.14. The third kappa shape index (κ3) is 2.01. The summed E-state index contributed by atoms with van der Waals surface area (Å²) in [6, 6.07) is 0. The average molecular weight is 295 g/mol. The highest BCUT2D eigenvalue weighted by atomic mass is 35.5. The molecule has 0 aromatic carbocycles. The number of hydrogen-bond acceptors (Lipinski definition) is 5. The predicted octanol–water partition coefficient (Wildman–Crippen LogP) is 2.46. The van der Waals surface area contributed by atoms with Crippen LogP contribution in [0.4, 0.5) is 0 Å². The first-order valence-corrected chi connectivity index (χ1v) is 7.22. The second-order valence-corrected chi connectivity index (χ2v) is 5.55. The van der Waals surface area contributed by atoms with Crippen molar-refractivity contribution in [1.29, 1.82) is 0 Å². The van der Waals surface area contributed by atoms with Gasteiger partial charge < -0.3 is 9.80 Å². The van der Waals surface area contributed by atoms with E-state index < -0.39 is 0 Å². The Hall–Kier alpha value is -1.46. The molecule has 3 heterocycles. The van der Waals surface area contributed by atoms with E-state index in [1.807, 2.05) is 12.4 Å². The Kier molecular flexibility index (Phi) is 3.48. The molecule has 3 aliphatic heterocycles. The summed E-state index contributed by atoms with van der Waals surface area (Å²) >= 11 is 6.46. The summed E-state index contributed by atoms with van der Waals surface area (Å²) < 4.78 is 0. The van der Waals surface area contributed by atoms with E-state index >= 15 is 0 Å². The van der Waals surface area contributed by atoms with Gasteiger partial charge in [-0.15, -0.1) is 0 Å². The van der Waals surface area contributed by atoms with Gasteiger partial charge >= 0.3 is 0 Å². The zero-order valence-electron chi connectivity index (χ0n) is 12.1. The lowest BCUT2D eigenvalue weighted by atomic mass is 10.1. The van der Waals surface area contributed by atoms with E-state index in [0.717, 1.165) is 41.8 Å². The van der Waals surface area contributed by atoms with Crippen molar-refractivity contribution in [2.24, 2.45) is 4.99 Å². The Morgan fingerprint density at radius 2 is 2.25 bits per heavy atom. The second-order valence-electron chi connectivity index (χ2n) is 5.17. The zero-order chi connectivity index (χ0) is 14.3. The molecule has 0 fully saturated rings. The summed E-state index contributed by atoms with van der Waals surface area (Å²) in [5.41, 5.74) is 3.08. The molecule has 0 unspecified atom stereocenters. The van der Waals surface area contributed by atoms with E-state index in [1.165, 1.54) is 5.57 Å². The first-order chi connectivity index (χ1) is 9.65. The van der Waals surface area contributed by atoms with Crippen LogP contribution in [0.3, 0.4) is 0 Å². The lowest BCUT2D eigenvalue weighted by Crippen LogP contribution is -2.41. The highest BCUT2D eigenvalue weighted by Crippen LogP contribution is 2.38. The minimum Gasteiger partial charge on any atom is -0.352 e. The number of halogens is 1. The molecule has 0 radical (unpaired) electrons. The fourth-order valence-electron chi connectivity index (χ4n) is 2.76. The Morgan fingerprint density at radius 3 is 2.95 bits per heavy atom. The third-order valence-electron chi connectivity index (χ3n) is 3.70. The van der Waals surface area contributed by atoms with Crippen molar-refractivity contribution in [3.63, 3.8) is 0 Å². The number of hydroxylamine groups is 2. The standard InChI is InChI=1S/C14H19ClN4O/c1-4-5-17-7-10(2)12(15)13-14(17)19-9-18(20-3)8-11(19)6-16-13/h6,8H,4-5,7,9H2,1-3H3. The molecular weight excluding hydrogens is 276 g/mol. The van der Waals surface area contributed by atoms with Crippen molar-refractivity contribution in [3.05, 3.63) is 34.0 Å². The minimum absolute atomic E-state index is 0.667. The van der Waals surface area contributed by atoms with E-state index in [9.17, 15) is 0 Å². The number of aliphatic imine (C=N–C) groups is 1. The monoisotopic (exact) mass is 294 g/mol. The molecule has 6 heteroatoms. The van der Waals surface area contributed by atoms with Crippen LogP contribution in [0.25, 0.3) is 0 Å². The Labute approximate surface area is 124 Å². The molecule has 0 saturated heterocycles. The molecule has 108 valence electrons. The van der Waals surface area contributed by atoms with E-state index in [1.54, 1.807) is 12.2 Å². The number of rotatable bonds is 3. The molecule has 20 heavy (non-hydrogen) atoms. The summed E-state index contributed by atoms with van der Waals surface area (Å²) in [4.78, 5) is 14.4. The maximum atomic E-state index is 6.46. The van der Waals surface area contributed by atoms with Gasteiger partial charge in [0, 0.05) is 13.1 Å². The normalized spacial score (nSPS) is 21.6. The molecule has 0 aromatic rings. The van der Waals surface area contributed by atoms with Gasteiger partial charge in [0.25, 0.3) is 0 Å². The molecule has 0 amide bonds. The van der Waals surface area contributed by atoms with Crippen molar-refractivity contribution in [3.8, 4) is 0 Å². The fourth-order valence-corrected chi connectivity index (χ4v) is 2.95. The molecule has 0 aliphatic carbocycles. The third-order valence-corrected chi connectivity index (χ3v) is 4.20. The summed E-state index contributed by atoms with van der Waals surface area (Å²) in [5.74, 6) is 1.09. The summed E-state index contributed by atoms with van der Waals surface area (Å²) in [5, 5.41) is 2.57. The van der Waals surface area contributed by atoms with Gasteiger partial charge in [-0.3, -0.25) is 4.84 Å². The first-order valence-electron chi connectivity index (χ1n) is 6.84. The molecule has 0 atom stereocenters. The molecular formula is C14H19ClN4O. The summed E-state index contributed by atoms with van der Waals surface area (Å²) in [7, 11) is 1.67. The van der Waals surface area contributed by atoms with Crippen LogP contribution in [0, 0.1) is 0 Å². The quantitative estimate of drug-likeness (QED) is 0.800. The molecule has 0 saturated carbocycles. The zero-order valence-corrected chi connectivity index (χ0v) is 12.8. The highest BCUT2D eigenvalue weighted by molar-refractivity contribution is 6.32. The smallest absolute Gasteiger partial charge is 0.138 e. The van der Waals surface area contributed by atoms with E-state index in [0.29, 0.717) is 6.67 Å². The van der Waals surface area contributed by atoms with Crippen molar-refractivity contribution in [2.45, 2.75) is 20.3 Å². The molecule has 0 N–H and O–H groups in total. The van der Waals surface area contributed by atoms with Crippen LogP contribution in [0.2, 0.25) is 0 Å². The van der Waals surface area contributed by atoms with Crippen LogP contribution in [0.1, 0.15) is 20.3 Å². The van der Waals surface area contributed by atoms with Crippen LogP contribution in [0.15, 0.2) is 39.0 Å². The predicted molar refractivity (Wildman–Crippen MR) is 79.6 cm³/mol. The molecule has 3 rings (SSSR count). The van der Waals surface area contributed by atoms with Gasteiger partial charge in [-0.25, -0.2) is 10.1 Å². The van der Waals surface area contributed by atoms with E-state index in [4.69, 9.17) is 16.4 Å². The molecule has 3 aliphatic rings. The first kappa shape index (κ1) is 13.5. The minimum atomic E-state index is 0.667. The number of allylic oxidation sites excluding steroid dienone is 2. The number of nitrogens with zero attached hydrogens (tertiary/aromatic N) is 4. The largest absolute Gasteiger partial charge is 0.352 e. The van der Waals surface area contributed by atoms with Gasteiger partial charge in [-0.1, -0.05) is 18.5 Å². The Morgan fingerprint density at radius 1 is 1.45 bits per heavy atom. The molecule has 0 spiro atoms. The highest BCUT2D eigenvalue weighted by Gasteiger charge is 2.35. The Balaban J connectivity index is 2.02. The number of hydrogen-bond donors (Lipinski definition) is 0. The maximum absolute atomic E-state index is 6.46. The summed E-state index contributed by atoms with van der Waals surface area (Å²) in [6.07, 6.45) is 4.89. The summed E-state index contributed by atoms with van der Waals surface area (Å²) in [6.45, 7) is 6.77. The van der Waals surface area contributed by atoms with Crippen molar-refractivity contribution in [1.82, 2.24) is 14.9 Å². The van der Waals surface area contributed by atoms with Gasteiger partial charge in [-0.05, 0) is 18.9 Å². The molecule has 5 nitrogen and oxygen atoms in total. The van der Waals surface area contributed by atoms with Crippen LogP contribution < -0.4 is 0 Å². The van der Waals surface area contributed by atoms with Gasteiger partial charge in [0.15, 0.2) is 0 Å². The lowest BCUT2D eigenvalue weighted by molar-refractivity contribution is -0.0971. The van der Waals surface area contributed by atoms with Gasteiger partial charge in [-0.2, -0.15) is 0 Å². The van der Waals surface area contributed by atoms with Crippen LogP contribution in [-0.4, -0.2) is 47.9 Å². The Bertz CT molecular complexity index is 549. The van der Waals surface area contributed by atoms with Gasteiger partial charge in [0.05, 0.1) is 30.3 Å². The number of fused-ring (bicyclic) bond motifs is 2. The van der Waals surface area contributed by atoms with E-state index in [2.05, 4.69) is 28.6 Å². The SMILES string of the molecule is CCCN1CC(C)=C(Cl)C2=C1N1CN(OC)C=C1C=N2. The van der Waals surface area contributed by atoms with Crippen LogP contribution in [-0.2, 0) is 4.84 Å². The van der Waals surface area contributed by atoms with E-state index in [-0.39, 0.29) is 0 Å². The van der Waals surface area contributed by atoms with Crippen molar-refractivity contribution < 1.29 is 4.84 Å².